The maximum Gasteiger partial charge on any atom is 0.407 e. The second-order valence-corrected chi connectivity index (χ2v) is 8.88. The van der Waals surface area contributed by atoms with E-state index >= 15 is 0 Å². The summed E-state index contributed by atoms with van der Waals surface area (Å²) in [7, 11) is -2.47. The highest BCUT2D eigenvalue weighted by Gasteiger charge is 2.55. The predicted octanol–water partition coefficient (Wildman–Crippen LogP) is 1.86. The lowest BCUT2D eigenvalue weighted by molar-refractivity contribution is -0.120. The Bertz CT molecular complexity index is 845. The zero-order chi connectivity index (χ0) is 20.4. The van der Waals surface area contributed by atoms with E-state index in [1.807, 2.05) is 0 Å². The molecule has 0 saturated heterocycles. The highest BCUT2D eigenvalue weighted by atomic mass is 32.2. The number of hydrogen-bond donors (Lipinski definition) is 3. The summed E-state index contributed by atoms with van der Waals surface area (Å²) in [5.74, 6) is -1.80. The first-order valence-corrected chi connectivity index (χ1v) is 9.94. The van der Waals surface area contributed by atoms with Gasteiger partial charge in [0.1, 0.15) is 10.5 Å². The second kappa shape index (κ2) is 7.59. The molecular weight excluding hydrogens is 370 g/mol. The number of alkyl carbamates (subject to hydrolysis) is 1. The fourth-order valence-electron chi connectivity index (χ4n) is 2.76. The molecule has 0 radical (unpaired) electrons. The molecule has 0 bridgehead atoms. The molecule has 3 unspecified atom stereocenters. The van der Waals surface area contributed by atoms with Gasteiger partial charge in [0.05, 0.1) is 17.6 Å². The van der Waals surface area contributed by atoms with Crippen molar-refractivity contribution in [2.24, 2.45) is 11.8 Å². The molecule has 148 valence electrons. The van der Waals surface area contributed by atoms with Crippen LogP contribution in [0.25, 0.3) is 0 Å². The van der Waals surface area contributed by atoms with E-state index in [1.54, 1.807) is 46.0 Å². The number of sulfonamides is 1. The minimum Gasteiger partial charge on any atom is -0.444 e. The highest BCUT2D eigenvalue weighted by molar-refractivity contribution is 7.90. The van der Waals surface area contributed by atoms with Crippen LogP contribution in [0.1, 0.15) is 20.8 Å². The molecule has 1 saturated carbocycles. The van der Waals surface area contributed by atoms with Crippen LogP contribution in [0.2, 0.25) is 0 Å². The van der Waals surface area contributed by atoms with E-state index in [9.17, 15) is 18.0 Å². The summed E-state index contributed by atoms with van der Waals surface area (Å²) in [6.07, 6.45) is 0.846. The number of para-hydroxylation sites is 1. The van der Waals surface area contributed by atoms with Gasteiger partial charge in [0.25, 0.3) is 10.0 Å². The Hall–Kier alpha value is -2.55. The molecule has 2 amide bonds. The molecular formula is C18H25N3O5S. The molecule has 1 aromatic rings. The molecule has 0 spiro atoms. The van der Waals surface area contributed by atoms with Crippen LogP contribution < -0.4 is 15.4 Å². The smallest absolute Gasteiger partial charge is 0.407 e. The minimum absolute atomic E-state index is 0.0340. The third-order valence-electron chi connectivity index (χ3n) is 4.01. The maximum atomic E-state index is 12.6. The lowest BCUT2D eigenvalue weighted by Gasteiger charge is -2.19. The van der Waals surface area contributed by atoms with Crippen molar-refractivity contribution in [3.8, 4) is 0 Å². The van der Waals surface area contributed by atoms with Crippen molar-refractivity contribution >= 4 is 27.7 Å². The first-order chi connectivity index (χ1) is 12.5. The van der Waals surface area contributed by atoms with Crippen LogP contribution in [-0.4, -0.2) is 39.1 Å². The average Bonchev–Trinajstić information content (AvgIpc) is 3.25. The molecule has 1 aliphatic carbocycles. The zero-order valence-corrected chi connectivity index (χ0v) is 16.6. The van der Waals surface area contributed by atoms with Crippen molar-refractivity contribution < 1.29 is 22.7 Å². The number of rotatable bonds is 6. The topological polar surface area (TPSA) is 114 Å². The van der Waals surface area contributed by atoms with E-state index in [-0.39, 0.29) is 10.8 Å². The van der Waals surface area contributed by atoms with E-state index in [2.05, 4.69) is 21.9 Å². The summed E-state index contributed by atoms with van der Waals surface area (Å²) < 4.78 is 32.4. The van der Waals surface area contributed by atoms with Crippen molar-refractivity contribution in [1.29, 1.82) is 0 Å². The average molecular weight is 395 g/mol. The molecule has 2 rings (SSSR count). The number of carbonyl (C=O) groups excluding carboxylic acids is 2. The number of hydrogen-bond acceptors (Lipinski definition) is 6. The van der Waals surface area contributed by atoms with Gasteiger partial charge in [-0.3, -0.25) is 4.79 Å². The molecule has 0 heterocycles. The summed E-state index contributed by atoms with van der Waals surface area (Å²) in [5, 5.41) is 5.37. The van der Waals surface area contributed by atoms with E-state index < -0.39 is 39.6 Å². The Morgan fingerprint density at radius 1 is 1.22 bits per heavy atom. The van der Waals surface area contributed by atoms with Gasteiger partial charge in [-0.05, 0) is 32.9 Å². The van der Waals surface area contributed by atoms with Crippen LogP contribution in [0.15, 0.2) is 41.8 Å². The van der Waals surface area contributed by atoms with Crippen molar-refractivity contribution in [2.75, 3.05) is 12.4 Å². The molecule has 0 aromatic heterocycles. The highest BCUT2D eigenvalue weighted by Crippen LogP contribution is 2.40. The van der Waals surface area contributed by atoms with Crippen LogP contribution in [0.4, 0.5) is 10.5 Å². The summed E-state index contributed by atoms with van der Waals surface area (Å²) in [4.78, 5) is 24.4. The zero-order valence-electron chi connectivity index (χ0n) is 15.8. The van der Waals surface area contributed by atoms with Crippen LogP contribution in [0.3, 0.4) is 0 Å². The molecule has 0 aliphatic heterocycles. The van der Waals surface area contributed by atoms with Gasteiger partial charge < -0.3 is 15.4 Å². The van der Waals surface area contributed by atoms with E-state index in [0.29, 0.717) is 5.69 Å². The Morgan fingerprint density at radius 2 is 1.85 bits per heavy atom. The lowest BCUT2D eigenvalue weighted by atomic mass is 10.2. The van der Waals surface area contributed by atoms with E-state index in [1.165, 1.54) is 12.1 Å². The number of amides is 2. The van der Waals surface area contributed by atoms with Crippen LogP contribution in [0.5, 0.6) is 0 Å². The van der Waals surface area contributed by atoms with Crippen LogP contribution >= 0.6 is 0 Å². The molecule has 1 aliphatic rings. The number of benzene rings is 1. The van der Waals surface area contributed by atoms with Gasteiger partial charge in [-0.1, -0.05) is 18.2 Å². The Labute approximate surface area is 159 Å². The second-order valence-electron chi connectivity index (χ2n) is 7.23. The van der Waals surface area contributed by atoms with Gasteiger partial charge >= 0.3 is 6.09 Å². The summed E-state index contributed by atoms with van der Waals surface area (Å²) in [6, 6.07) is 5.68. The lowest BCUT2D eigenvalue weighted by Crippen LogP contribution is -2.37. The van der Waals surface area contributed by atoms with Crippen molar-refractivity contribution in [1.82, 2.24) is 10.0 Å². The predicted molar refractivity (Wildman–Crippen MR) is 102 cm³/mol. The fourth-order valence-corrected chi connectivity index (χ4v) is 3.99. The molecule has 27 heavy (non-hydrogen) atoms. The Morgan fingerprint density at radius 3 is 2.41 bits per heavy atom. The summed E-state index contributed by atoms with van der Waals surface area (Å²) >= 11 is 0. The maximum absolute atomic E-state index is 12.6. The Kier molecular flexibility index (Phi) is 5.84. The molecule has 8 nitrogen and oxygen atoms in total. The van der Waals surface area contributed by atoms with Crippen molar-refractivity contribution in [3.05, 3.63) is 36.9 Å². The number of carbonyl (C=O) groups is 2. The molecule has 1 aromatic carbocycles. The van der Waals surface area contributed by atoms with E-state index in [0.717, 1.165) is 0 Å². The standard InChI is InChI=1S/C18H25N3O5S/c1-6-11-14(15(11)20-17(23)26-18(2,3)4)16(22)21-27(24,25)13-10-8-7-9-12(13)19-5/h6-11,14-15,19H,1H2,2-5H3,(H,20,23)(H,21,22). The third-order valence-corrected chi connectivity index (χ3v) is 5.42. The van der Waals surface area contributed by atoms with Gasteiger partial charge in [0.15, 0.2) is 0 Å². The van der Waals surface area contributed by atoms with Crippen LogP contribution in [-0.2, 0) is 19.6 Å². The van der Waals surface area contributed by atoms with E-state index in [4.69, 9.17) is 4.74 Å². The first-order valence-electron chi connectivity index (χ1n) is 8.45. The normalized spacial score (nSPS) is 21.7. The number of ether oxygens (including phenoxy) is 1. The SMILES string of the molecule is C=CC1C(NC(=O)OC(C)(C)C)C1C(=O)NS(=O)(=O)c1ccccc1NC. The number of anilines is 1. The molecule has 3 N–H and O–H groups in total. The third kappa shape index (κ3) is 5.00. The largest absolute Gasteiger partial charge is 0.444 e. The fraction of sp³-hybridized carbons (Fsp3) is 0.444. The monoisotopic (exact) mass is 395 g/mol. The summed E-state index contributed by atoms with van der Waals surface area (Å²) in [5.41, 5.74) is -0.307. The minimum atomic E-state index is -4.06. The van der Waals surface area contributed by atoms with Gasteiger partial charge in [-0.2, -0.15) is 0 Å². The van der Waals surface area contributed by atoms with Crippen molar-refractivity contribution in [2.45, 2.75) is 37.3 Å². The number of nitrogens with one attached hydrogen (secondary N) is 3. The van der Waals surface area contributed by atoms with Gasteiger partial charge in [0.2, 0.25) is 5.91 Å². The Balaban J connectivity index is 2.09. The first kappa shape index (κ1) is 20.8. The molecule has 3 atom stereocenters. The molecule has 1 fully saturated rings. The summed E-state index contributed by atoms with van der Waals surface area (Å²) in [6.45, 7) is 8.81. The van der Waals surface area contributed by atoms with Gasteiger partial charge in [0, 0.05) is 13.0 Å². The quantitative estimate of drug-likeness (QED) is 0.634. The van der Waals surface area contributed by atoms with Gasteiger partial charge in [-0.25, -0.2) is 17.9 Å². The molecule has 9 heteroatoms. The van der Waals surface area contributed by atoms with Crippen LogP contribution in [0, 0.1) is 11.8 Å². The van der Waals surface area contributed by atoms with Crippen molar-refractivity contribution in [3.63, 3.8) is 0 Å². The van der Waals surface area contributed by atoms with Gasteiger partial charge in [-0.15, -0.1) is 6.58 Å².